The Balaban J connectivity index is 2.74. The van der Waals surface area contributed by atoms with Gasteiger partial charge in [0.15, 0.2) is 0 Å². The number of nitrogens with one attached hydrogen (secondary N) is 2. The molecule has 0 saturated heterocycles. The van der Waals surface area contributed by atoms with E-state index in [1.807, 2.05) is 32.9 Å². The van der Waals surface area contributed by atoms with Crippen LogP contribution in [0.5, 0.6) is 0 Å². The molecule has 19 heavy (non-hydrogen) atoms. The van der Waals surface area contributed by atoms with Gasteiger partial charge in [0.25, 0.3) is 5.91 Å². The van der Waals surface area contributed by atoms with Crippen molar-refractivity contribution in [3.05, 3.63) is 33.8 Å². The van der Waals surface area contributed by atoms with Crippen LogP contribution in [0.25, 0.3) is 0 Å². The normalized spacial score (nSPS) is 12.1. The van der Waals surface area contributed by atoms with Gasteiger partial charge in [-0.25, -0.2) is 0 Å². The van der Waals surface area contributed by atoms with Crippen LogP contribution < -0.4 is 10.6 Å². The van der Waals surface area contributed by atoms with Gasteiger partial charge in [-0.05, 0) is 55.8 Å². The predicted octanol–water partition coefficient (Wildman–Crippen LogP) is 2.40. The molecule has 4 nitrogen and oxygen atoms in total. The molecule has 0 spiro atoms. The first-order chi connectivity index (χ1) is 8.81. The molecule has 0 aliphatic heterocycles. The van der Waals surface area contributed by atoms with E-state index in [1.54, 1.807) is 13.0 Å². The van der Waals surface area contributed by atoms with Gasteiger partial charge in [0.1, 0.15) is 6.04 Å². The molecule has 0 aliphatic carbocycles. The molecule has 0 bridgehead atoms. The minimum atomic E-state index is -0.567. The Morgan fingerprint density at radius 2 is 1.79 bits per heavy atom. The Kier molecular flexibility index (Phi) is 5.54. The Hall–Kier alpha value is -1.36. The summed E-state index contributed by atoms with van der Waals surface area (Å²) in [7, 11) is 0. The summed E-state index contributed by atoms with van der Waals surface area (Å²) in [5.41, 5.74) is 1.52. The summed E-state index contributed by atoms with van der Waals surface area (Å²) in [5, 5.41) is 5.45. The highest BCUT2D eigenvalue weighted by molar-refractivity contribution is 9.10. The Morgan fingerprint density at radius 3 is 2.37 bits per heavy atom. The van der Waals surface area contributed by atoms with Crippen molar-refractivity contribution in [2.45, 2.75) is 39.8 Å². The maximum Gasteiger partial charge on any atom is 0.253 e. The van der Waals surface area contributed by atoms with Gasteiger partial charge in [0.2, 0.25) is 5.91 Å². The van der Waals surface area contributed by atoms with Crippen LogP contribution >= 0.6 is 15.9 Å². The number of aryl methyl sites for hydroxylation is 1. The number of carbonyl (C=O) groups is 2. The van der Waals surface area contributed by atoms with Gasteiger partial charge in [-0.2, -0.15) is 0 Å². The SMILES string of the molecule is Cc1ccc(Br)c(C(=O)NC(C)C(=O)NC(C)C)c1. The second-order valence-corrected chi connectivity index (χ2v) is 5.70. The Morgan fingerprint density at radius 1 is 1.16 bits per heavy atom. The van der Waals surface area contributed by atoms with E-state index in [4.69, 9.17) is 0 Å². The fourth-order valence-corrected chi connectivity index (χ4v) is 1.99. The van der Waals surface area contributed by atoms with Crippen molar-refractivity contribution in [3.8, 4) is 0 Å². The molecule has 0 fully saturated rings. The van der Waals surface area contributed by atoms with Crippen LogP contribution in [-0.4, -0.2) is 23.9 Å². The second kappa shape index (κ2) is 6.70. The summed E-state index contributed by atoms with van der Waals surface area (Å²) in [6.45, 7) is 7.34. The smallest absolute Gasteiger partial charge is 0.253 e. The van der Waals surface area contributed by atoms with Crippen LogP contribution in [0.2, 0.25) is 0 Å². The van der Waals surface area contributed by atoms with E-state index in [-0.39, 0.29) is 17.9 Å². The van der Waals surface area contributed by atoms with Crippen LogP contribution in [0.1, 0.15) is 36.7 Å². The highest BCUT2D eigenvalue weighted by atomic mass is 79.9. The van der Waals surface area contributed by atoms with Crippen molar-refractivity contribution in [2.75, 3.05) is 0 Å². The maximum atomic E-state index is 12.1. The van der Waals surface area contributed by atoms with Crippen molar-refractivity contribution in [2.24, 2.45) is 0 Å². The third-order valence-electron chi connectivity index (χ3n) is 2.54. The minimum Gasteiger partial charge on any atom is -0.352 e. The molecule has 1 atom stereocenters. The van der Waals surface area contributed by atoms with Crippen molar-refractivity contribution in [3.63, 3.8) is 0 Å². The van der Waals surface area contributed by atoms with Gasteiger partial charge in [-0.1, -0.05) is 11.6 Å². The number of benzene rings is 1. The molecular weight excluding hydrogens is 308 g/mol. The van der Waals surface area contributed by atoms with Gasteiger partial charge in [0, 0.05) is 10.5 Å². The van der Waals surface area contributed by atoms with Crippen molar-refractivity contribution in [1.29, 1.82) is 0 Å². The fraction of sp³-hybridized carbons (Fsp3) is 0.429. The zero-order valence-corrected chi connectivity index (χ0v) is 13.2. The highest BCUT2D eigenvalue weighted by Gasteiger charge is 2.18. The summed E-state index contributed by atoms with van der Waals surface area (Å²) in [4.78, 5) is 23.8. The lowest BCUT2D eigenvalue weighted by atomic mass is 10.1. The Labute approximate surface area is 122 Å². The summed E-state index contributed by atoms with van der Waals surface area (Å²) >= 11 is 3.34. The zero-order valence-electron chi connectivity index (χ0n) is 11.6. The van der Waals surface area contributed by atoms with Crippen molar-refractivity contribution < 1.29 is 9.59 Å². The largest absolute Gasteiger partial charge is 0.352 e. The van der Waals surface area contributed by atoms with E-state index < -0.39 is 6.04 Å². The molecule has 5 heteroatoms. The third-order valence-corrected chi connectivity index (χ3v) is 3.23. The summed E-state index contributed by atoms with van der Waals surface area (Å²) in [6.07, 6.45) is 0. The van der Waals surface area contributed by atoms with Gasteiger partial charge in [0.05, 0.1) is 5.56 Å². The van der Waals surface area contributed by atoms with E-state index >= 15 is 0 Å². The van der Waals surface area contributed by atoms with Crippen LogP contribution in [0.15, 0.2) is 22.7 Å². The third kappa shape index (κ3) is 4.67. The lowest BCUT2D eigenvalue weighted by Crippen LogP contribution is -2.46. The zero-order chi connectivity index (χ0) is 14.6. The van der Waals surface area contributed by atoms with Gasteiger partial charge in [-0.3, -0.25) is 9.59 Å². The number of carbonyl (C=O) groups excluding carboxylic acids is 2. The lowest BCUT2D eigenvalue weighted by Gasteiger charge is -2.16. The number of hydrogen-bond donors (Lipinski definition) is 2. The van der Waals surface area contributed by atoms with Crippen LogP contribution in [0, 0.1) is 6.92 Å². The van der Waals surface area contributed by atoms with E-state index in [2.05, 4.69) is 26.6 Å². The molecule has 2 amide bonds. The second-order valence-electron chi connectivity index (χ2n) is 4.84. The summed E-state index contributed by atoms with van der Waals surface area (Å²) in [5.74, 6) is -0.450. The summed E-state index contributed by atoms with van der Waals surface area (Å²) in [6, 6.07) is 5.01. The topological polar surface area (TPSA) is 58.2 Å². The van der Waals surface area contributed by atoms with Gasteiger partial charge in [-0.15, -0.1) is 0 Å². The average Bonchev–Trinajstić information content (AvgIpc) is 2.31. The quantitative estimate of drug-likeness (QED) is 0.892. The van der Waals surface area contributed by atoms with Crippen LogP contribution in [0.3, 0.4) is 0 Å². The van der Waals surface area contributed by atoms with Crippen LogP contribution in [-0.2, 0) is 4.79 Å². The fourth-order valence-electron chi connectivity index (χ4n) is 1.56. The first-order valence-corrected chi connectivity index (χ1v) is 6.98. The van der Waals surface area contributed by atoms with E-state index in [9.17, 15) is 9.59 Å². The van der Waals surface area contributed by atoms with Crippen LogP contribution in [0.4, 0.5) is 0 Å². The highest BCUT2D eigenvalue weighted by Crippen LogP contribution is 2.18. The van der Waals surface area contributed by atoms with E-state index in [0.29, 0.717) is 10.0 Å². The molecule has 1 unspecified atom stereocenters. The number of hydrogen-bond acceptors (Lipinski definition) is 2. The first kappa shape index (κ1) is 15.7. The molecule has 0 saturated carbocycles. The van der Waals surface area contributed by atoms with Crippen molar-refractivity contribution in [1.82, 2.24) is 10.6 Å². The molecule has 2 N–H and O–H groups in total. The molecule has 0 heterocycles. The molecule has 0 aliphatic rings. The predicted molar refractivity (Wildman–Crippen MR) is 79.1 cm³/mol. The standard InChI is InChI=1S/C14H19BrN2O2/c1-8(2)16-13(18)10(4)17-14(19)11-7-9(3)5-6-12(11)15/h5-8,10H,1-4H3,(H,16,18)(H,17,19). The minimum absolute atomic E-state index is 0.0533. The number of halogens is 1. The van der Waals surface area contributed by atoms with E-state index in [1.165, 1.54) is 0 Å². The van der Waals surface area contributed by atoms with E-state index in [0.717, 1.165) is 5.56 Å². The van der Waals surface area contributed by atoms with Gasteiger partial charge < -0.3 is 10.6 Å². The van der Waals surface area contributed by atoms with Gasteiger partial charge >= 0.3 is 0 Å². The molecule has 1 rings (SSSR count). The molecular formula is C14H19BrN2O2. The lowest BCUT2D eigenvalue weighted by molar-refractivity contribution is -0.123. The summed E-state index contributed by atoms with van der Waals surface area (Å²) < 4.78 is 0.715. The molecule has 1 aromatic carbocycles. The molecule has 104 valence electrons. The maximum absolute atomic E-state index is 12.1. The Bertz CT molecular complexity index is 486. The van der Waals surface area contributed by atoms with Crippen molar-refractivity contribution >= 4 is 27.7 Å². The number of rotatable bonds is 4. The average molecular weight is 327 g/mol. The number of amides is 2. The molecule has 1 aromatic rings. The molecule has 0 aromatic heterocycles. The first-order valence-electron chi connectivity index (χ1n) is 6.18. The molecule has 0 radical (unpaired) electrons. The monoisotopic (exact) mass is 326 g/mol.